The molecule has 0 fully saturated rings. The van der Waals surface area contributed by atoms with Gasteiger partial charge in [0.15, 0.2) is 5.52 Å². The second kappa shape index (κ2) is 6.36. The van der Waals surface area contributed by atoms with Gasteiger partial charge >= 0.3 is 5.65 Å². The lowest BCUT2D eigenvalue weighted by atomic mass is 10.1. The highest BCUT2D eigenvalue weighted by Gasteiger charge is 2.22. The maximum absolute atomic E-state index is 4.94. The van der Waals surface area contributed by atoms with E-state index in [0.717, 1.165) is 23.4 Å². The standard InChI is InChI=1S/C24H20N3/c1-18-21(20-12-6-3-7-13-20)16-24-26(17-19-10-4-2-5-11-19)22-14-8-9-15-23(22)27(24)25-18/h2-16H,17H2,1H3/q+1. The molecule has 2 heterocycles. The van der Waals surface area contributed by atoms with Gasteiger partial charge in [-0.15, -0.1) is 0 Å². The Morgan fingerprint density at radius 2 is 1.48 bits per heavy atom. The molecule has 0 bridgehead atoms. The summed E-state index contributed by atoms with van der Waals surface area (Å²) >= 11 is 0. The van der Waals surface area contributed by atoms with E-state index in [1.165, 1.54) is 22.2 Å². The summed E-state index contributed by atoms with van der Waals surface area (Å²) < 4.78 is 4.42. The molecule has 0 amide bonds. The molecule has 0 aliphatic rings. The molecular weight excluding hydrogens is 330 g/mol. The summed E-state index contributed by atoms with van der Waals surface area (Å²) in [5.74, 6) is 0. The van der Waals surface area contributed by atoms with E-state index in [9.17, 15) is 0 Å². The fraction of sp³-hybridized carbons (Fsp3) is 0.0833. The van der Waals surface area contributed by atoms with Gasteiger partial charge in [0.25, 0.3) is 0 Å². The molecule has 0 radical (unpaired) electrons. The average Bonchev–Trinajstić information content (AvgIpc) is 3.02. The number of hydrogen-bond acceptors (Lipinski definition) is 1. The van der Waals surface area contributed by atoms with E-state index in [4.69, 9.17) is 5.10 Å². The van der Waals surface area contributed by atoms with Gasteiger partial charge in [0.2, 0.25) is 5.52 Å². The van der Waals surface area contributed by atoms with Gasteiger partial charge < -0.3 is 0 Å². The Kier molecular flexibility index (Phi) is 3.72. The van der Waals surface area contributed by atoms with Crippen molar-refractivity contribution < 1.29 is 4.57 Å². The molecule has 0 saturated carbocycles. The molecule has 0 atom stereocenters. The van der Waals surface area contributed by atoms with Crippen molar-refractivity contribution in [2.24, 2.45) is 0 Å². The largest absolute Gasteiger partial charge is 0.309 e. The van der Waals surface area contributed by atoms with Crippen LogP contribution >= 0.6 is 0 Å². The molecule has 0 saturated heterocycles. The first-order valence-electron chi connectivity index (χ1n) is 9.21. The van der Waals surface area contributed by atoms with Gasteiger partial charge in [0.1, 0.15) is 6.54 Å². The quantitative estimate of drug-likeness (QED) is 0.428. The monoisotopic (exact) mass is 350 g/mol. The summed E-state index contributed by atoms with van der Waals surface area (Å²) in [5.41, 5.74) is 8.10. The zero-order valence-electron chi connectivity index (χ0n) is 15.2. The lowest BCUT2D eigenvalue weighted by Crippen LogP contribution is -2.34. The lowest BCUT2D eigenvalue weighted by Gasteiger charge is -2.04. The zero-order chi connectivity index (χ0) is 18.2. The fourth-order valence-corrected chi connectivity index (χ4v) is 3.76. The van der Waals surface area contributed by atoms with E-state index in [1.54, 1.807) is 0 Å². The summed E-state index contributed by atoms with van der Waals surface area (Å²) in [6.45, 7) is 2.90. The van der Waals surface area contributed by atoms with Crippen LogP contribution in [0.4, 0.5) is 0 Å². The van der Waals surface area contributed by atoms with Crippen molar-refractivity contribution in [2.45, 2.75) is 13.5 Å². The van der Waals surface area contributed by atoms with Gasteiger partial charge in [-0.05, 0) is 30.2 Å². The van der Waals surface area contributed by atoms with Crippen molar-refractivity contribution in [1.29, 1.82) is 0 Å². The molecule has 2 aromatic heterocycles. The van der Waals surface area contributed by atoms with Crippen LogP contribution in [-0.2, 0) is 6.54 Å². The van der Waals surface area contributed by atoms with Crippen LogP contribution in [0, 0.1) is 6.92 Å². The summed E-state index contributed by atoms with van der Waals surface area (Å²) in [5, 5.41) is 4.94. The van der Waals surface area contributed by atoms with Crippen LogP contribution in [0.1, 0.15) is 11.3 Å². The van der Waals surface area contributed by atoms with Crippen molar-refractivity contribution in [1.82, 2.24) is 9.61 Å². The molecule has 3 heteroatoms. The smallest absolute Gasteiger partial charge is 0.217 e. The highest BCUT2D eigenvalue weighted by molar-refractivity contribution is 5.77. The summed E-state index contributed by atoms with van der Waals surface area (Å²) in [7, 11) is 0. The van der Waals surface area contributed by atoms with Gasteiger partial charge in [0, 0.05) is 11.6 Å². The Morgan fingerprint density at radius 3 is 2.26 bits per heavy atom. The third-order valence-corrected chi connectivity index (χ3v) is 5.08. The number of rotatable bonds is 3. The maximum Gasteiger partial charge on any atom is 0.309 e. The van der Waals surface area contributed by atoms with Gasteiger partial charge in [-0.25, -0.2) is 4.57 Å². The fourth-order valence-electron chi connectivity index (χ4n) is 3.76. The van der Waals surface area contributed by atoms with Gasteiger partial charge in [-0.2, -0.15) is 0 Å². The molecule has 0 unspecified atom stereocenters. The Morgan fingerprint density at radius 1 is 0.815 bits per heavy atom. The second-order valence-electron chi connectivity index (χ2n) is 6.84. The van der Waals surface area contributed by atoms with Gasteiger partial charge in [-0.3, -0.25) is 0 Å². The van der Waals surface area contributed by atoms with Crippen molar-refractivity contribution >= 4 is 16.7 Å². The summed E-state index contributed by atoms with van der Waals surface area (Å²) in [4.78, 5) is 0. The minimum atomic E-state index is 0.816. The Bertz CT molecular complexity index is 1240. The Hall–Kier alpha value is -3.46. The van der Waals surface area contributed by atoms with Crippen LogP contribution in [0.3, 0.4) is 0 Å². The minimum absolute atomic E-state index is 0.816. The van der Waals surface area contributed by atoms with Crippen LogP contribution in [0.2, 0.25) is 0 Å². The van der Waals surface area contributed by atoms with Crippen molar-refractivity contribution in [3.63, 3.8) is 0 Å². The number of para-hydroxylation sites is 2. The van der Waals surface area contributed by atoms with Crippen LogP contribution in [0.15, 0.2) is 91.0 Å². The average molecular weight is 350 g/mol. The third kappa shape index (κ3) is 2.68. The Labute approximate surface area is 158 Å². The molecular formula is C24H20N3+. The predicted molar refractivity (Wildman–Crippen MR) is 109 cm³/mol. The number of hydrogen-bond donors (Lipinski definition) is 0. The van der Waals surface area contributed by atoms with Crippen molar-refractivity contribution in [3.05, 3.63) is 102 Å². The highest BCUT2D eigenvalue weighted by atomic mass is 15.3. The number of aryl methyl sites for hydroxylation is 1. The van der Waals surface area contributed by atoms with Crippen LogP contribution in [0.25, 0.3) is 27.8 Å². The number of aromatic nitrogens is 3. The molecule has 130 valence electrons. The molecule has 27 heavy (non-hydrogen) atoms. The molecule has 0 aliphatic heterocycles. The highest BCUT2D eigenvalue weighted by Crippen LogP contribution is 2.25. The van der Waals surface area contributed by atoms with Crippen LogP contribution < -0.4 is 4.57 Å². The summed E-state index contributed by atoms with van der Waals surface area (Å²) in [6, 6.07) is 31.8. The van der Waals surface area contributed by atoms with E-state index in [1.807, 2.05) is 6.07 Å². The van der Waals surface area contributed by atoms with Crippen molar-refractivity contribution in [3.8, 4) is 11.1 Å². The normalized spacial score (nSPS) is 11.3. The second-order valence-corrected chi connectivity index (χ2v) is 6.84. The first-order chi connectivity index (χ1) is 13.3. The number of nitrogens with zero attached hydrogens (tertiary/aromatic N) is 3. The number of benzene rings is 3. The molecule has 0 aliphatic carbocycles. The van der Waals surface area contributed by atoms with Gasteiger partial charge in [-0.1, -0.05) is 82.4 Å². The molecule has 0 N–H and O–H groups in total. The van der Waals surface area contributed by atoms with E-state index in [2.05, 4.69) is 101 Å². The van der Waals surface area contributed by atoms with E-state index in [-0.39, 0.29) is 0 Å². The first kappa shape index (κ1) is 15.8. The molecule has 5 rings (SSSR count). The topological polar surface area (TPSA) is 21.2 Å². The molecule has 0 spiro atoms. The van der Waals surface area contributed by atoms with E-state index in [0.29, 0.717) is 0 Å². The first-order valence-corrected chi connectivity index (χ1v) is 9.21. The molecule has 5 aromatic rings. The predicted octanol–water partition coefficient (Wildman–Crippen LogP) is 4.80. The van der Waals surface area contributed by atoms with Crippen LogP contribution in [-0.4, -0.2) is 9.61 Å². The summed E-state index contributed by atoms with van der Waals surface area (Å²) in [6.07, 6.45) is 0. The Balaban J connectivity index is 1.80. The minimum Gasteiger partial charge on any atom is -0.217 e. The van der Waals surface area contributed by atoms with Crippen LogP contribution in [0.5, 0.6) is 0 Å². The van der Waals surface area contributed by atoms with Gasteiger partial charge in [0.05, 0.1) is 5.69 Å². The van der Waals surface area contributed by atoms with E-state index >= 15 is 0 Å². The van der Waals surface area contributed by atoms with Crippen molar-refractivity contribution in [2.75, 3.05) is 0 Å². The third-order valence-electron chi connectivity index (χ3n) is 5.08. The SMILES string of the molecule is Cc1nn2c3ccccc3[n+](Cc3ccccc3)c2cc1-c1ccccc1. The maximum atomic E-state index is 4.94. The number of fused-ring (bicyclic) bond motifs is 3. The van der Waals surface area contributed by atoms with E-state index < -0.39 is 0 Å². The molecule has 3 nitrogen and oxygen atoms in total. The lowest BCUT2D eigenvalue weighted by molar-refractivity contribution is -0.636. The number of imidazole rings is 1. The molecule has 3 aromatic carbocycles. The zero-order valence-corrected chi connectivity index (χ0v) is 15.2.